The summed E-state index contributed by atoms with van der Waals surface area (Å²) in [5.41, 5.74) is 10.2. The van der Waals surface area contributed by atoms with Gasteiger partial charge in [0.1, 0.15) is 5.82 Å². The maximum absolute atomic E-state index is 13.3. The molecule has 2 N–H and O–H groups in total. The van der Waals surface area contributed by atoms with Gasteiger partial charge in [-0.15, -0.1) is 0 Å². The molecule has 1 aromatic heterocycles. The van der Waals surface area contributed by atoms with Crippen LogP contribution < -0.4 is 5.73 Å². The summed E-state index contributed by atoms with van der Waals surface area (Å²) < 4.78 is 15.2. The Morgan fingerprint density at radius 2 is 2.28 bits per heavy atom. The normalized spacial score (nSPS) is 18.7. The summed E-state index contributed by atoms with van der Waals surface area (Å²) >= 11 is 0. The maximum Gasteiger partial charge on any atom is 0.125 e. The van der Waals surface area contributed by atoms with Crippen molar-refractivity contribution in [3.8, 4) is 5.69 Å². The molecule has 0 bridgehead atoms. The Hall–Kier alpha value is -1.68. The van der Waals surface area contributed by atoms with Crippen molar-refractivity contribution in [3.05, 3.63) is 47.0 Å². The first-order valence-electron chi connectivity index (χ1n) is 6.24. The number of aromatic nitrogens is 2. The molecule has 2 aromatic rings. The maximum atomic E-state index is 13.3. The van der Waals surface area contributed by atoms with E-state index in [0.29, 0.717) is 0 Å². The van der Waals surface area contributed by atoms with Gasteiger partial charge in [-0.3, -0.25) is 0 Å². The van der Waals surface area contributed by atoms with Gasteiger partial charge in [0.05, 0.1) is 11.4 Å². The fourth-order valence-electron chi connectivity index (χ4n) is 2.64. The second-order valence-corrected chi connectivity index (χ2v) is 4.91. The Kier molecular flexibility index (Phi) is 2.67. The van der Waals surface area contributed by atoms with E-state index in [2.05, 4.69) is 5.10 Å². The summed E-state index contributed by atoms with van der Waals surface area (Å²) in [6, 6.07) is 6.78. The number of hydrogen-bond acceptors (Lipinski definition) is 2. The molecular weight excluding hydrogens is 229 g/mol. The first kappa shape index (κ1) is 11.4. The van der Waals surface area contributed by atoms with Crippen molar-refractivity contribution in [2.24, 2.45) is 5.73 Å². The van der Waals surface area contributed by atoms with Gasteiger partial charge in [0.15, 0.2) is 0 Å². The van der Waals surface area contributed by atoms with Gasteiger partial charge in [-0.05, 0) is 49.9 Å². The lowest BCUT2D eigenvalue weighted by Gasteiger charge is -2.19. The molecule has 1 atom stereocenters. The molecule has 0 aliphatic heterocycles. The van der Waals surface area contributed by atoms with Crippen molar-refractivity contribution in [2.45, 2.75) is 32.2 Å². The van der Waals surface area contributed by atoms with Crippen LogP contribution in [0.5, 0.6) is 0 Å². The van der Waals surface area contributed by atoms with E-state index in [4.69, 9.17) is 5.73 Å². The highest BCUT2D eigenvalue weighted by Crippen LogP contribution is 2.26. The van der Waals surface area contributed by atoms with Crippen molar-refractivity contribution < 1.29 is 4.39 Å². The zero-order valence-corrected chi connectivity index (χ0v) is 10.4. The first-order chi connectivity index (χ1) is 8.65. The molecular formula is C14H16FN3. The van der Waals surface area contributed by atoms with Crippen LogP contribution in [0.3, 0.4) is 0 Å². The van der Waals surface area contributed by atoms with E-state index in [1.54, 1.807) is 6.07 Å². The zero-order chi connectivity index (χ0) is 12.7. The van der Waals surface area contributed by atoms with Gasteiger partial charge in [-0.25, -0.2) is 9.07 Å². The van der Waals surface area contributed by atoms with E-state index >= 15 is 0 Å². The van der Waals surface area contributed by atoms with E-state index in [1.165, 1.54) is 23.4 Å². The number of nitrogens with zero attached hydrogens (tertiary/aromatic N) is 2. The number of fused-ring (bicyclic) bond motifs is 1. The summed E-state index contributed by atoms with van der Waals surface area (Å²) in [6.45, 7) is 1.99. The summed E-state index contributed by atoms with van der Waals surface area (Å²) in [5, 5.41) is 4.53. The highest BCUT2D eigenvalue weighted by molar-refractivity contribution is 5.39. The van der Waals surface area contributed by atoms with Crippen LogP contribution in [-0.4, -0.2) is 15.8 Å². The molecule has 4 heteroatoms. The zero-order valence-electron chi connectivity index (χ0n) is 10.4. The SMILES string of the molecule is Cc1nn(-c2cccc(F)c2)c2c1CC(N)CC2. The molecule has 1 heterocycles. The second kappa shape index (κ2) is 4.21. The smallest absolute Gasteiger partial charge is 0.125 e. The fourth-order valence-corrected chi connectivity index (χ4v) is 2.64. The summed E-state index contributed by atoms with van der Waals surface area (Å²) in [5.74, 6) is -0.234. The van der Waals surface area contributed by atoms with Crippen molar-refractivity contribution in [2.75, 3.05) is 0 Å². The molecule has 0 radical (unpaired) electrons. The van der Waals surface area contributed by atoms with Gasteiger partial charge in [0.25, 0.3) is 0 Å². The molecule has 1 aliphatic carbocycles. The van der Waals surface area contributed by atoms with E-state index in [-0.39, 0.29) is 11.9 Å². The first-order valence-corrected chi connectivity index (χ1v) is 6.24. The number of nitrogens with two attached hydrogens (primary N) is 1. The molecule has 0 spiro atoms. The minimum absolute atomic E-state index is 0.223. The molecule has 0 saturated heterocycles. The lowest BCUT2D eigenvalue weighted by atomic mass is 9.92. The van der Waals surface area contributed by atoms with Crippen LogP contribution in [-0.2, 0) is 12.8 Å². The molecule has 0 saturated carbocycles. The number of rotatable bonds is 1. The fraction of sp³-hybridized carbons (Fsp3) is 0.357. The third-order valence-electron chi connectivity index (χ3n) is 3.56. The van der Waals surface area contributed by atoms with Gasteiger partial charge in [-0.2, -0.15) is 5.10 Å². The highest BCUT2D eigenvalue weighted by Gasteiger charge is 2.23. The average molecular weight is 245 g/mol. The minimum Gasteiger partial charge on any atom is -0.327 e. The van der Waals surface area contributed by atoms with Crippen LogP contribution in [0.1, 0.15) is 23.4 Å². The van der Waals surface area contributed by atoms with Crippen LogP contribution in [0.4, 0.5) is 4.39 Å². The quantitative estimate of drug-likeness (QED) is 0.836. The Labute approximate surface area is 105 Å². The standard InChI is InChI=1S/C14H16FN3/c1-9-13-8-11(16)5-6-14(13)18(17-9)12-4-2-3-10(15)7-12/h2-4,7,11H,5-6,8,16H2,1H3. The molecule has 0 fully saturated rings. The number of hydrogen-bond donors (Lipinski definition) is 1. The number of halogens is 1. The van der Waals surface area contributed by atoms with Crippen molar-refractivity contribution >= 4 is 0 Å². The summed E-state index contributed by atoms with van der Waals surface area (Å²) in [4.78, 5) is 0. The Morgan fingerprint density at radius 1 is 1.44 bits per heavy atom. The Balaban J connectivity index is 2.11. The van der Waals surface area contributed by atoms with Crippen LogP contribution in [0.2, 0.25) is 0 Å². The monoisotopic (exact) mass is 245 g/mol. The molecule has 3 rings (SSSR count). The van der Waals surface area contributed by atoms with Crippen molar-refractivity contribution in [1.29, 1.82) is 0 Å². The van der Waals surface area contributed by atoms with Crippen LogP contribution >= 0.6 is 0 Å². The summed E-state index contributed by atoms with van der Waals surface area (Å²) in [7, 11) is 0. The lowest BCUT2D eigenvalue weighted by Crippen LogP contribution is -2.28. The van der Waals surface area contributed by atoms with E-state index in [1.807, 2.05) is 17.7 Å². The van der Waals surface area contributed by atoms with E-state index < -0.39 is 0 Å². The van der Waals surface area contributed by atoms with Gasteiger partial charge < -0.3 is 5.73 Å². The topological polar surface area (TPSA) is 43.8 Å². The van der Waals surface area contributed by atoms with Gasteiger partial charge >= 0.3 is 0 Å². The Bertz CT molecular complexity index is 589. The third kappa shape index (κ3) is 1.82. The number of benzene rings is 1. The lowest BCUT2D eigenvalue weighted by molar-refractivity contribution is 0.561. The molecule has 94 valence electrons. The van der Waals surface area contributed by atoms with Gasteiger partial charge in [-0.1, -0.05) is 6.07 Å². The third-order valence-corrected chi connectivity index (χ3v) is 3.56. The van der Waals surface area contributed by atoms with Crippen molar-refractivity contribution in [3.63, 3.8) is 0 Å². The van der Waals surface area contributed by atoms with Crippen LogP contribution in [0.25, 0.3) is 5.69 Å². The predicted octanol–water partition coefficient (Wildman–Crippen LogP) is 2.14. The van der Waals surface area contributed by atoms with E-state index in [0.717, 1.165) is 30.6 Å². The number of aryl methyl sites for hydroxylation is 1. The molecule has 0 amide bonds. The van der Waals surface area contributed by atoms with Gasteiger partial charge in [0.2, 0.25) is 0 Å². The summed E-state index contributed by atoms with van der Waals surface area (Å²) in [6.07, 6.45) is 2.75. The van der Waals surface area contributed by atoms with Gasteiger partial charge in [0, 0.05) is 11.7 Å². The molecule has 18 heavy (non-hydrogen) atoms. The largest absolute Gasteiger partial charge is 0.327 e. The second-order valence-electron chi connectivity index (χ2n) is 4.91. The minimum atomic E-state index is -0.234. The predicted molar refractivity (Wildman–Crippen MR) is 68.3 cm³/mol. The van der Waals surface area contributed by atoms with E-state index in [9.17, 15) is 4.39 Å². The molecule has 1 aromatic carbocycles. The van der Waals surface area contributed by atoms with Crippen LogP contribution in [0, 0.1) is 12.7 Å². The Morgan fingerprint density at radius 3 is 3.06 bits per heavy atom. The molecule has 3 nitrogen and oxygen atoms in total. The molecule has 1 unspecified atom stereocenters. The highest BCUT2D eigenvalue weighted by atomic mass is 19.1. The van der Waals surface area contributed by atoms with Crippen LogP contribution in [0.15, 0.2) is 24.3 Å². The average Bonchev–Trinajstić information content (AvgIpc) is 2.67. The van der Waals surface area contributed by atoms with Crippen molar-refractivity contribution in [1.82, 2.24) is 9.78 Å². The molecule has 1 aliphatic rings.